The van der Waals surface area contributed by atoms with Crippen molar-refractivity contribution in [3.05, 3.63) is 21.8 Å². The highest BCUT2D eigenvalue weighted by Crippen LogP contribution is 2.34. The van der Waals surface area contributed by atoms with Gasteiger partial charge in [0.25, 0.3) is 0 Å². The van der Waals surface area contributed by atoms with Gasteiger partial charge in [-0.15, -0.1) is 0 Å². The van der Waals surface area contributed by atoms with Gasteiger partial charge in [0.15, 0.2) is 5.69 Å². The van der Waals surface area contributed by atoms with E-state index in [1.807, 2.05) is 0 Å². The van der Waals surface area contributed by atoms with Gasteiger partial charge in [-0.3, -0.25) is 0 Å². The third kappa shape index (κ3) is 1.96. The molecule has 0 saturated heterocycles. The molecule has 0 aromatic carbocycles. The predicted molar refractivity (Wildman–Crippen MR) is 46.1 cm³/mol. The molecule has 0 aliphatic rings. The van der Waals surface area contributed by atoms with Crippen LogP contribution >= 0.6 is 15.9 Å². The number of nitrogens with zero attached hydrogens (tertiary/aromatic N) is 2. The van der Waals surface area contributed by atoms with Crippen molar-refractivity contribution in [3.8, 4) is 6.07 Å². The molecular formula is C7H3BrF3N3. The first kappa shape index (κ1) is 10.8. The van der Waals surface area contributed by atoms with Crippen LogP contribution in [0.2, 0.25) is 0 Å². The van der Waals surface area contributed by atoms with E-state index >= 15 is 0 Å². The van der Waals surface area contributed by atoms with Gasteiger partial charge in [-0.25, -0.2) is 4.98 Å². The zero-order chi connectivity index (χ0) is 10.9. The van der Waals surface area contributed by atoms with E-state index in [4.69, 9.17) is 11.0 Å². The van der Waals surface area contributed by atoms with E-state index in [0.717, 1.165) is 6.07 Å². The Kier molecular flexibility index (Phi) is 2.66. The summed E-state index contributed by atoms with van der Waals surface area (Å²) in [6.45, 7) is 0. The molecule has 0 radical (unpaired) electrons. The summed E-state index contributed by atoms with van der Waals surface area (Å²) in [5.74, 6) is -0.428. The van der Waals surface area contributed by atoms with Crippen LogP contribution in [-0.4, -0.2) is 4.98 Å². The van der Waals surface area contributed by atoms with Gasteiger partial charge in [-0.05, 0) is 22.0 Å². The number of pyridine rings is 1. The van der Waals surface area contributed by atoms with Crippen LogP contribution < -0.4 is 5.73 Å². The van der Waals surface area contributed by atoms with Gasteiger partial charge in [0, 0.05) is 4.47 Å². The monoisotopic (exact) mass is 265 g/mol. The van der Waals surface area contributed by atoms with Crippen LogP contribution in [0.4, 0.5) is 19.0 Å². The lowest BCUT2D eigenvalue weighted by atomic mass is 10.2. The second-order valence-electron chi connectivity index (χ2n) is 2.36. The van der Waals surface area contributed by atoms with Crippen LogP contribution in [0.15, 0.2) is 10.5 Å². The molecule has 3 nitrogen and oxygen atoms in total. The standard InChI is InChI=1S/C7H3BrF3N3/c8-4-1-3(2-12)6(13)14-5(4)7(9,10)11/h1H,(H2,13,14). The number of hydrogen-bond donors (Lipinski definition) is 1. The van der Waals surface area contributed by atoms with Crippen molar-refractivity contribution in [1.82, 2.24) is 4.98 Å². The lowest BCUT2D eigenvalue weighted by molar-refractivity contribution is -0.141. The summed E-state index contributed by atoms with van der Waals surface area (Å²) < 4.78 is 36.4. The molecule has 74 valence electrons. The van der Waals surface area contributed by atoms with Crippen LogP contribution in [-0.2, 0) is 6.18 Å². The number of anilines is 1. The number of nitrogens with two attached hydrogens (primary N) is 1. The fourth-order valence-electron chi connectivity index (χ4n) is 0.791. The van der Waals surface area contributed by atoms with Crippen molar-refractivity contribution in [2.45, 2.75) is 6.18 Å². The summed E-state index contributed by atoms with van der Waals surface area (Å²) in [5.41, 5.74) is 3.92. The van der Waals surface area contributed by atoms with Crippen molar-refractivity contribution in [3.63, 3.8) is 0 Å². The third-order valence-corrected chi connectivity index (χ3v) is 2.00. The minimum absolute atomic E-state index is 0.0927. The van der Waals surface area contributed by atoms with Gasteiger partial charge in [0.2, 0.25) is 0 Å². The Morgan fingerprint density at radius 3 is 2.50 bits per heavy atom. The molecule has 1 aromatic rings. The molecule has 2 N–H and O–H groups in total. The third-order valence-electron chi connectivity index (χ3n) is 1.39. The lowest BCUT2D eigenvalue weighted by Crippen LogP contribution is -2.11. The molecule has 0 unspecified atom stereocenters. The highest BCUT2D eigenvalue weighted by molar-refractivity contribution is 9.10. The summed E-state index contributed by atoms with van der Waals surface area (Å²) in [4.78, 5) is 3.10. The molecule has 0 amide bonds. The van der Waals surface area contributed by atoms with Gasteiger partial charge < -0.3 is 5.73 Å². The maximum absolute atomic E-state index is 12.2. The minimum Gasteiger partial charge on any atom is -0.383 e. The van der Waals surface area contributed by atoms with Crippen LogP contribution in [0.5, 0.6) is 0 Å². The molecule has 1 rings (SSSR count). The van der Waals surface area contributed by atoms with Gasteiger partial charge in [0.1, 0.15) is 11.9 Å². The van der Waals surface area contributed by atoms with Crippen molar-refractivity contribution < 1.29 is 13.2 Å². The summed E-state index contributed by atoms with van der Waals surface area (Å²) in [6.07, 6.45) is -4.58. The Balaban J connectivity index is 3.38. The van der Waals surface area contributed by atoms with E-state index in [9.17, 15) is 13.2 Å². The van der Waals surface area contributed by atoms with Crippen LogP contribution in [0, 0.1) is 11.3 Å². The highest BCUT2D eigenvalue weighted by atomic mass is 79.9. The molecule has 0 bridgehead atoms. The first-order chi connectivity index (χ1) is 6.36. The van der Waals surface area contributed by atoms with Gasteiger partial charge in [0.05, 0.1) is 5.56 Å². The molecule has 0 saturated carbocycles. The highest BCUT2D eigenvalue weighted by Gasteiger charge is 2.35. The fourth-order valence-corrected chi connectivity index (χ4v) is 1.33. The summed E-state index contributed by atoms with van der Waals surface area (Å²) in [7, 11) is 0. The zero-order valence-corrected chi connectivity index (χ0v) is 8.15. The number of aromatic nitrogens is 1. The summed E-state index contributed by atoms with van der Waals surface area (Å²) in [6, 6.07) is 2.62. The van der Waals surface area contributed by atoms with Gasteiger partial charge >= 0.3 is 6.18 Å². The fraction of sp³-hybridized carbons (Fsp3) is 0.143. The lowest BCUT2D eigenvalue weighted by Gasteiger charge is -2.08. The predicted octanol–water partition coefficient (Wildman–Crippen LogP) is 2.32. The van der Waals surface area contributed by atoms with Crippen LogP contribution in [0.3, 0.4) is 0 Å². The molecule has 0 atom stereocenters. The van der Waals surface area contributed by atoms with Crippen molar-refractivity contribution >= 4 is 21.7 Å². The summed E-state index contributed by atoms with van der Waals surface area (Å²) in [5, 5.41) is 8.46. The van der Waals surface area contributed by atoms with E-state index in [2.05, 4.69) is 20.9 Å². The maximum atomic E-state index is 12.2. The smallest absolute Gasteiger partial charge is 0.383 e. The summed E-state index contributed by atoms with van der Waals surface area (Å²) >= 11 is 2.67. The minimum atomic E-state index is -4.58. The van der Waals surface area contributed by atoms with E-state index in [1.165, 1.54) is 0 Å². The van der Waals surface area contributed by atoms with Crippen molar-refractivity contribution in [2.24, 2.45) is 0 Å². The van der Waals surface area contributed by atoms with Crippen molar-refractivity contribution in [2.75, 3.05) is 5.73 Å². The number of rotatable bonds is 0. The largest absolute Gasteiger partial charge is 0.434 e. The van der Waals surface area contributed by atoms with E-state index in [-0.39, 0.29) is 10.0 Å². The maximum Gasteiger partial charge on any atom is 0.434 e. The Labute approximate surface area is 85.5 Å². The zero-order valence-electron chi connectivity index (χ0n) is 6.56. The average Bonchev–Trinajstić information content (AvgIpc) is 2.06. The van der Waals surface area contributed by atoms with Crippen LogP contribution in [0.25, 0.3) is 0 Å². The molecule has 14 heavy (non-hydrogen) atoms. The molecule has 1 aromatic heterocycles. The molecule has 0 aliphatic carbocycles. The van der Waals surface area contributed by atoms with Crippen molar-refractivity contribution in [1.29, 1.82) is 5.26 Å². The number of alkyl halides is 3. The molecular weight excluding hydrogens is 263 g/mol. The number of nitrogen functional groups attached to an aromatic ring is 1. The average molecular weight is 266 g/mol. The number of hydrogen-bond acceptors (Lipinski definition) is 3. The SMILES string of the molecule is N#Cc1cc(Br)c(C(F)(F)F)nc1N. The Hall–Kier alpha value is -1.29. The van der Waals surface area contributed by atoms with E-state index in [0.29, 0.717) is 0 Å². The Morgan fingerprint density at radius 2 is 2.07 bits per heavy atom. The number of halogens is 4. The van der Waals surface area contributed by atoms with Gasteiger partial charge in [-0.1, -0.05) is 0 Å². The quantitative estimate of drug-likeness (QED) is 0.783. The topological polar surface area (TPSA) is 62.7 Å². The molecule has 7 heteroatoms. The first-order valence-corrected chi connectivity index (χ1v) is 4.09. The molecule has 0 spiro atoms. The van der Waals surface area contributed by atoms with E-state index < -0.39 is 17.7 Å². The van der Waals surface area contributed by atoms with Crippen LogP contribution in [0.1, 0.15) is 11.3 Å². The first-order valence-electron chi connectivity index (χ1n) is 3.29. The second-order valence-corrected chi connectivity index (χ2v) is 3.22. The second kappa shape index (κ2) is 3.46. The Bertz CT molecular complexity index is 408. The molecule has 0 aliphatic heterocycles. The normalized spacial score (nSPS) is 11.1. The number of nitriles is 1. The molecule has 1 heterocycles. The van der Waals surface area contributed by atoms with Gasteiger partial charge in [-0.2, -0.15) is 18.4 Å². The Morgan fingerprint density at radius 1 is 1.50 bits per heavy atom. The molecule has 0 fully saturated rings. The van der Waals surface area contributed by atoms with E-state index in [1.54, 1.807) is 6.07 Å².